The molecule has 5 aromatic rings. The van der Waals surface area contributed by atoms with Crippen molar-refractivity contribution in [2.24, 2.45) is 11.8 Å². The van der Waals surface area contributed by atoms with Crippen LogP contribution in [0.15, 0.2) is 72.9 Å². The molecular formula is C35H33N5O4. The van der Waals surface area contributed by atoms with Crippen molar-refractivity contribution in [3.63, 3.8) is 0 Å². The Bertz CT molecular complexity index is 1920. The van der Waals surface area contributed by atoms with E-state index in [0.717, 1.165) is 46.5 Å². The van der Waals surface area contributed by atoms with Crippen LogP contribution in [0.1, 0.15) is 64.1 Å². The van der Waals surface area contributed by atoms with Crippen molar-refractivity contribution >= 4 is 34.6 Å². The van der Waals surface area contributed by atoms with E-state index in [-0.39, 0.29) is 34.8 Å². The lowest BCUT2D eigenvalue weighted by molar-refractivity contribution is 0.0122. The molecule has 44 heavy (non-hydrogen) atoms. The molecular weight excluding hydrogens is 554 g/mol. The summed E-state index contributed by atoms with van der Waals surface area (Å²) < 4.78 is 7.53. The second-order valence-corrected chi connectivity index (χ2v) is 11.6. The van der Waals surface area contributed by atoms with Crippen molar-refractivity contribution < 1.29 is 19.4 Å². The zero-order valence-corrected chi connectivity index (χ0v) is 24.8. The van der Waals surface area contributed by atoms with Crippen molar-refractivity contribution in [2.45, 2.75) is 46.1 Å². The van der Waals surface area contributed by atoms with Crippen LogP contribution < -0.4 is 5.32 Å². The molecule has 2 unspecified atom stereocenters. The summed E-state index contributed by atoms with van der Waals surface area (Å²) in [6, 6.07) is 20.8. The number of carboxylic acid groups (broad SMARTS) is 1. The molecule has 1 saturated carbocycles. The third-order valence-electron chi connectivity index (χ3n) is 8.60. The number of carboxylic acids is 1. The number of nitrogens with zero attached hydrogens (tertiary/aromatic N) is 3. The van der Waals surface area contributed by atoms with E-state index in [9.17, 15) is 14.7 Å². The molecule has 6 rings (SSSR count). The summed E-state index contributed by atoms with van der Waals surface area (Å²) in [7, 11) is 0. The van der Waals surface area contributed by atoms with Gasteiger partial charge in [0.15, 0.2) is 11.5 Å². The van der Waals surface area contributed by atoms with Crippen LogP contribution in [0, 0.1) is 25.3 Å². The fourth-order valence-electron chi connectivity index (χ4n) is 6.10. The van der Waals surface area contributed by atoms with Gasteiger partial charge in [0.25, 0.3) is 0 Å². The minimum absolute atomic E-state index is 0.176. The van der Waals surface area contributed by atoms with E-state index in [1.807, 2.05) is 61.5 Å². The zero-order valence-electron chi connectivity index (χ0n) is 24.8. The second kappa shape index (κ2) is 11.7. The smallest absolute Gasteiger partial charge is 0.335 e. The van der Waals surface area contributed by atoms with Crippen LogP contribution in [-0.4, -0.2) is 37.7 Å². The summed E-state index contributed by atoms with van der Waals surface area (Å²) in [5.74, 6) is -0.385. The Labute approximate surface area is 255 Å². The molecule has 0 spiro atoms. The van der Waals surface area contributed by atoms with Crippen molar-refractivity contribution in [3.8, 4) is 11.4 Å². The maximum absolute atomic E-state index is 13.3. The van der Waals surface area contributed by atoms with E-state index < -0.39 is 11.9 Å². The van der Waals surface area contributed by atoms with Gasteiger partial charge in [-0.05, 0) is 66.5 Å². The van der Waals surface area contributed by atoms with Gasteiger partial charge in [-0.1, -0.05) is 62.4 Å². The predicted octanol–water partition coefficient (Wildman–Crippen LogP) is 7.81. The number of nitrogens with one attached hydrogen (secondary N) is 2. The number of fused-ring (bicyclic) bond motifs is 1. The topological polar surface area (TPSA) is 113 Å². The lowest BCUT2D eigenvalue weighted by Gasteiger charge is -2.20. The number of H-pyrrole nitrogens is 1. The maximum atomic E-state index is 13.3. The summed E-state index contributed by atoms with van der Waals surface area (Å²) in [6.07, 6.45) is 3.87. The number of benzene rings is 3. The highest BCUT2D eigenvalue weighted by molar-refractivity contribution is 6.03. The number of carbonyl (C=O) groups is 2. The number of hydrogen-bond donors (Lipinski definition) is 3. The molecule has 0 aliphatic heterocycles. The highest BCUT2D eigenvalue weighted by Crippen LogP contribution is 2.36. The monoisotopic (exact) mass is 587 g/mol. The molecule has 1 aliphatic carbocycles. The molecule has 2 heterocycles. The maximum Gasteiger partial charge on any atom is 0.335 e. The molecule has 0 radical (unpaired) electrons. The number of aromatic nitrogens is 3. The third-order valence-corrected chi connectivity index (χ3v) is 8.60. The van der Waals surface area contributed by atoms with Crippen LogP contribution in [0.5, 0.6) is 0 Å². The van der Waals surface area contributed by atoms with Crippen molar-refractivity contribution in [1.29, 1.82) is 0 Å². The van der Waals surface area contributed by atoms with E-state index in [1.165, 1.54) is 0 Å². The highest BCUT2D eigenvalue weighted by Gasteiger charge is 2.35. The van der Waals surface area contributed by atoms with E-state index in [2.05, 4.69) is 29.1 Å². The summed E-state index contributed by atoms with van der Waals surface area (Å²) in [4.78, 5) is 33.4. The Kier molecular flexibility index (Phi) is 7.66. The van der Waals surface area contributed by atoms with Gasteiger partial charge in [0.1, 0.15) is 11.7 Å². The average Bonchev–Trinajstić information content (AvgIpc) is 3.68. The third kappa shape index (κ3) is 5.42. The van der Waals surface area contributed by atoms with Gasteiger partial charge in [-0.2, -0.15) is 0 Å². The standard InChI is InChI=1S/C35H33N5O4/c1-20-15-16-25(18-28(20)37-27-12-8-6-10-24(27)17-23-9-5-7-11-26(23)34(41)42)32-38-33-30(29(36-4)19-40(33)39-32)35(43)44-31-21(2)13-14-22(31)3/h5-12,15-16,18-19,21-22,31,37H,13-14,17H2,1-3H3,(H,38,39)(H,41,42). The van der Waals surface area contributed by atoms with E-state index >= 15 is 0 Å². The average molecular weight is 588 g/mol. The molecule has 3 aromatic carbocycles. The number of aromatic carboxylic acids is 1. The predicted molar refractivity (Wildman–Crippen MR) is 169 cm³/mol. The van der Waals surface area contributed by atoms with E-state index in [0.29, 0.717) is 17.9 Å². The van der Waals surface area contributed by atoms with Crippen LogP contribution in [0.2, 0.25) is 0 Å². The quantitative estimate of drug-likeness (QED) is 0.126. The zero-order chi connectivity index (χ0) is 31.0. The lowest BCUT2D eigenvalue weighted by Crippen LogP contribution is -2.25. The normalized spacial score (nSPS) is 17.8. The van der Waals surface area contributed by atoms with Crippen LogP contribution in [-0.2, 0) is 11.2 Å². The minimum atomic E-state index is -0.951. The van der Waals surface area contributed by atoms with Crippen LogP contribution in [0.4, 0.5) is 17.1 Å². The number of aromatic amines is 1. The fraction of sp³-hybridized carbons (Fsp3) is 0.257. The summed E-state index contributed by atoms with van der Waals surface area (Å²) in [5.41, 5.74) is 6.22. The molecule has 0 saturated heterocycles. The number of hydrogen-bond acceptors (Lipinski definition) is 5. The van der Waals surface area contributed by atoms with E-state index in [1.54, 1.807) is 22.8 Å². The first-order chi connectivity index (χ1) is 21.2. The van der Waals surface area contributed by atoms with Crippen LogP contribution in [0.3, 0.4) is 0 Å². The van der Waals surface area contributed by atoms with Crippen LogP contribution >= 0.6 is 0 Å². The Morgan fingerprint density at radius 3 is 2.48 bits per heavy atom. The summed E-state index contributed by atoms with van der Waals surface area (Å²) in [5, 5.41) is 16.4. The van der Waals surface area contributed by atoms with Gasteiger partial charge in [0.2, 0.25) is 5.69 Å². The SMILES string of the molecule is [C-]#[N+]c1cn2[nH]c(-c3ccc(C)c(Nc4ccccc4Cc4ccccc4C(=O)O)c3)nc2c1C(=O)OC1C(C)CCC1C. The second-order valence-electron chi connectivity index (χ2n) is 11.6. The number of esters is 1. The number of rotatable bonds is 8. The van der Waals surface area contributed by atoms with Gasteiger partial charge in [-0.15, -0.1) is 0 Å². The van der Waals surface area contributed by atoms with Crippen LogP contribution in [0.25, 0.3) is 21.9 Å². The molecule has 9 nitrogen and oxygen atoms in total. The van der Waals surface area contributed by atoms with Gasteiger partial charge in [-0.25, -0.2) is 19.4 Å². The van der Waals surface area contributed by atoms with Crippen molar-refractivity contribution in [3.05, 3.63) is 112 Å². The Balaban J connectivity index is 1.30. The van der Waals surface area contributed by atoms with Gasteiger partial charge in [0, 0.05) is 29.6 Å². The Morgan fingerprint density at radius 1 is 1.05 bits per heavy atom. The number of para-hydroxylation sites is 1. The van der Waals surface area contributed by atoms with Gasteiger partial charge in [-0.3, -0.25) is 9.61 Å². The first kappa shape index (κ1) is 28.7. The summed E-state index contributed by atoms with van der Waals surface area (Å²) >= 11 is 0. The largest absolute Gasteiger partial charge is 0.478 e. The van der Waals surface area contributed by atoms with Crippen molar-refractivity contribution in [2.75, 3.05) is 5.32 Å². The van der Waals surface area contributed by atoms with Gasteiger partial charge >= 0.3 is 11.9 Å². The first-order valence-corrected chi connectivity index (χ1v) is 14.7. The minimum Gasteiger partial charge on any atom is -0.478 e. The number of aryl methyl sites for hydroxylation is 1. The fourth-order valence-corrected chi connectivity index (χ4v) is 6.10. The number of carbonyl (C=O) groups excluding carboxylic acids is 1. The van der Waals surface area contributed by atoms with Gasteiger partial charge in [0.05, 0.1) is 12.1 Å². The number of ether oxygens (including phenoxy) is 1. The molecule has 2 atom stereocenters. The highest BCUT2D eigenvalue weighted by atomic mass is 16.5. The molecule has 3 N–H and O–H groups in total. The van der Waals surface area contributed by atoms with Crippen molar-refractivity contribution in [1.82, 2.24) is 14.6 Å². The molecule has 1 aliphatic rings. The Hall–Kier alpha value is -5.36. The molecule has 2 aromatic heterocycles. The molecule has 9 heteroatoms. The number of anilines is 2. The lowest BCUT2D eigenvalue weighted by atomic mass is 9.98. The Morgan fingerprint density at radius 2 is 1.75 bits per heavy atom. The molecule has 222 valence electrons. The van der Waals surface area contributed by atoms with Gasteiger partial charge < -0.3 is 15.2 Å². The molecule has 1 fully saturated rings. The molecule has 0 bridgehead atoms. The molecule has 0 amide bonds. The first-order valence-electron chi connectivity index (χ1n) is 14.7. The van der Waals surface area contributed by atoms with E-state index in [4.69, 9.17) is 16.3 Å². The summed E-state index contributed by atoms with van der Waals surface area (Å²) in [6.45, 7) is 13.8.